The minimum absolute atomic E-state index is 0.0255. The number of hydrogen-bond acceptors (Lipinski definition) is 2. The number of carbonyl (C=O) groups is 1. The average Bonchev–Trinajstić information content (AvgIpc) is 2.61. The van der Waals surface area contributed by atoms with Crippen LogP contribution in [0.15, 0.2) is 48.5 Å². The standard InChI is InChI=1S/C21H25NO2/c1-3-19(24-20-14-7-4-9-15(20)2)21(23)22-18-13-8-11-16-10-5-6-12-17(16)18/h4-7,9-10,12,14,18-19H,3,8,11,13H2,1-2H3,(H,22,23)/t18-,19-/m0/s1. The van der Waals surface area contributed by atoms with E-state index in [0.29, 0.717) is 6.42 Å². The molecule has 1 amide bonds. The molecule has 3 heteroatoms. The molecule has 0 unspecified atom stereocenters. The summed E-state index contributed by atoms with van der Waals surface area (Å²) in [7, 11) is 0. The Bertz CT molecular complexity index is 710. The summed E-state index contributed by atoms with van der Waals surface area (Å²) in [6, 6.07) is 16.3. The summed E-state index contributed by atoms with van der Waals surface area (Å²) in [4.78, 5) is 12.7. The van der Waals surface area contributed by atoms with Crippen molar-refractivity contribution >= 4 is 5.91 Å². The van der Waals surface area contributed by atoms with Crippen molar-refractivity contribution in [3.05, 3.63) is 65.2 Å². The van der Waals surface area contributed by atoms with Crippen LogP contribution in [-0.4, -0.2) is 12.0 Å². The Balaban J connectivity index is 1.71. The van der Waals surface area contributed by atoms with E-state index in [1.807, 2.05) is 44.2 Å². The van der Waals surface area contributed by atoms with E-state index in [2.05, 4.69) is 23.5 Å². The second-order valence-corrected chi connectivity index (χ2v) is 6.43. The Morgan fingerprint density at radius 2 is 1.96 bits per heavy atom. The molecule has 0 bridgehead atoms. The molecule has 126 valence electrons. The van der Waals surface area contributed by atoms with Crippen LogP contribution in [0.1, 0.15) is 48.9 Å². The predicted molar refractivity (Wildman–Crippen MR) is 96.1 cm³/mol. The molecule has 0 saturated carbocycles. The van der Waals surface area contributed by atoms with Gasteiger partial charge in [-0.3, -0.25) is 4.79 Å². The Kier molecular flexibility index (Phi) is 5.19. The first kappa shape index (κ1) is 16.6. The number of para-hydroxylation sites is 1. The summed E-state index contributed by atoms with van der Waals surface area (Å²) in [6.45, 7) is 3.98. The van der Waals surface area contributed by atoms with Crippen molar-refractivity contribution in [3.63, 3.8) is 0 Å². The molecule has 0 saturated heterocycles. The van der Waals surface area contributed by atoms with E-state index in [9.17, 15) is 4.79 Å². The molecular formula is C21H25NO2. The molecule has 1 aliphatic carbocycles. The van der Waals surface area contributed by atoms with Crippen LogP contribution >= 0.6 is 0 Å². The van der Waals surface area contributed by atoms with Gasteiger partial charge in [0.05, 0.1) is 6.04 Å². The fourth-order valence-corrected chi connectivity index (χ4v) is 3.33. The fourth-order valence-electron chi connectivity index (χ4n) is 3.33. The lowest BCUT2D eigenvalue weighted by atomic mass is 9.87. The maximum absolute atomic E-state index is 12.7. The number of ether oxygens (including phenoxy) is 1. The van der Waals surface area contributed by atoms with Crippen molar-refractivity contribution < 1.29 is 9.53 Å². The van der Waals surface area contributed by atoms with Gasteiger partial charge in [0, 0.05) is 0 Å². The molecule has 0 aliphatic heterocycles. The minimum atomic E-state index is -0.458. The predicted octanol–water partition coefficient (Wildman–Crippen LogP) is 4.35. The molecule has 1 aliphatic rings. The lowest BCUT2D eigenvalue weighted by Crippen LogP contribution is -2.41. The lowest BCUT2D eigenvalue weighted by molar-refractivity contribution is -0.129. The summed E-state index contributed by atoms with van der Waals surface area (Å²) in [5.41, 5.74) is 3.65. The number of fused-ring (bicyclic) bond motifs is 1. The van der Waals surface area contributed by atoms with Crippen molar-refractivity contribution in [2.45, 2.75) is 51.7 Å². The number of rotatable bonds is 5. The zero-order valence-corrected chi connectivity index (χ0v) is 14.4. The van der Waals surface area contributed by atoms with Gasteiger partial charge in [-0.1, -0.05) is 49.4 Å². The number of benzene rings is 2. The number of carbonyl (C=O) groups excluding carboxylic acids is 1. The maximum Gasteiger partial charge on any atom is 0.261 e. The van der Waals surface area contributed by atoms with Gasteiger partial charge in [-0.05, 0) is 55.4 Å². The molecule has 3 rings (SSSR count). The van der Waals surface area contributed by atoms with Gasteiger partial charge >= 0.3 is 0 Å². The van der Waals surface area contributed by atoms with Gasteiger partial charge in [-0.15, -0.1) is 0 Å². The summed E-state index contributed by atoms with van der Waals surface area (Å²) in [6.07, 6.45) is 3.38. The third-order valence-electron chi connectivity index (χ3n) is 4.71. The number of hydrogen-bond donors (Lipinski definition) is 1. The topological polar surface area (TPSA) is 38.3 Å². The van der Waals surface area contributed by atoms with Crippen LogP contribution in [0.5, 0.6) is 5.75 Å². The van der Waals surface area contributed by atoms with E-state index in [1.165, 1.54) is 11.1 Å². The summed E-state index contributed by atoms with van der Waals surface area (Å²) < 4.78 is 5.97. The molecule has 0 heterocycles. The molecule has 0 radical (unpaired) electrons. The molecule has 24 heavy (non-hydrogen) atoms. The van der Waals surface area contributed by atoms with Crippen LogP contribution in [0.3, 0.4) is 0 Å². The highest BCUT2D eigenvalue weighted by molar-refractivity contribution is 5.81. The zero-order chi connectivity index (χ0) is 16.9. The van der Waals surface area contributed by atoms with Crippen LogP contribution in [0.2, 0.25) is 0 Å². The maximum atomic E-state index is 12.7. The van der Waals surface area contributed by atoms with Gasteiger partial charge in [0.2, 0.25) is 0 Å². The fraction of sp³-hybridized carbons (Fsp3) is 0.381. The van der Waals surface area contributed by atoms with Crippen LogP contribution in [0, 0.1) is 6.92 Å². The quantitative estimate of drug-likeness (QED) is 0.888. The van der Waals surface area contributed by atoms with Crippen molar-refractivity contribution in [2.75, 3.05) is 0 Å². The number of amides is 1. The first-order valence-electron chi connectivity index (χ1n) is 8.79. The van der Waals surface area contributed by atoms with Gasteiger partial charge < -0.3 is 10.1 Å². The molecule has 2 atom stereocenters. The second kappa shape index (κ2) is 7.52. The van der Waals surface area contributed by atoms with Crippen LogP contribution in [-0.2, 0) is 11.2 Å². The van der Waals surface area contributed by atoms with E-state index >= 15 is 0 Å². The average molecular weight is 323 g/mol. The summed E-state index contributed by atoms with van der Waals surface area (Å²) in [5, 5.41) is 3.20. The smallest absolute Gasteiger partial charge is 0.261 e. The van der Waals surface area contributed by atoms with Gasteiger partial charge in [0.25, 0.3) is 5.91 Å². The van der Waals surface area contributed by atoms with E-state index in [-0.39, 0.29) is 11.9 Å². The van der Waals surface area contributed by atoms with Crippen molar-refractivity contribution in [1.29, 1.82) is 0 Å². The number of nitrogens with one attached hydrogen (secondary N) is 1. The molecule has 1 N–H and O–H groups in total. The highest BCUT2D eigenvalue weighted by Crippen LogP contribution is 2.29. The number of aryl methyl sites for hydroxylation is 2. The third-order valence-corrected chi connectivity index (χ3v) is 4.71. The molecule has 3 nitrogen and oxygen atoms in total. The Morgan fingerprint density at radius 1 is 1.21 bits per heavy atom. The lowest BCUT2D eigenvalue weighted by Gasteiger charge is -2.28. The van der Waals surface area contributed by atoms with Crippen molar-refractivity contribution in [3.8, 4) is 5.75 Å². The molecule has 0 aromatic heterocycles. The molecule has 0 fully saturated rings. The molecule has 2 aromatic rings. The van der Waals surface area contributed by atoms with Crippen molar-refractivity contribution in [2.24, 2.45) is 0 Å². The van der Waals surface area contributed by atoms with E-state index in [4.69, 9.17) is 4.74 Å². The van der Waals surface area contributed by atoms with Crippen LogP contribution in [0.25, 0.3) is 0 Å². The SMILES string of the molecule is CC[C@H](Oc1ccccc1C)C(=O)N[C@H]1CCCc2ccccc21. The second-order valence-electron chi connectivity index (χ2n) is 6.43. The van der Waals surface area contributed by atoms with E-state index in [1.54, 1.807) is 0 Å². The minimum Gasteiger partial charge on any atom is -0.480 e. The molecular weight excluding hydrogens is 298 g/mol. The van der Waals surface area contributed by atoms with Gasteiger partial charge in [-0.2, -0.15) is 0 Å². The largest absolute Gasteiger partial charge is 0.480 e. The van der Waals surface area contributed by atoms with E-state index < -0.39 is 6.10 Å². The van der Waals surface area contributed by atoms with Gasteiger partial charge in [0.1, 0.15) is 5.75 Å². The summed E-state index contributed by atoms with van der Waals surface area (Å²) >= 11 is 0. The van der Waals surface area contributed by atoms with Crippen LogP contribution in [0.4, 0.5) is 0 Å². The Morgan fingerprint density at radius 3 is 2.75 bits per heavy atom. The van der Waals surface area contributed by atoms with Gasteiger partial charge in [0.15, 0.2) is 6.10 Å². The summed E-state index contributed by atoms with van der Waals surface area (Å²) in [5.74, 6) is 0.756. The van der Waals surface area contributed by atoms with E-state index in [0.717, 1.165) is 30.6 Å². The van der Waals surface area contributed by atoms with Crippen LogP contribution < -0.4 is 10.1 Å². The monoisotopic (exact) mass is 323 g/mol. The molecule has 2 aromatic carbocycles. The first-order chi connectivity index (χ1) is 11.7. The Labute approximate surface area is 144 Å². The molecule has 0 spiro atoms. The third kappa shape index (κ3) is 3.61. The highest BCUT2D eigenvalue weighted by Gasteiger charge is 2.25. The zero-order valence-electron chi connectivity index (χ0n) is 14.4. The van der Waals surface area contributed by atoms with Crippen molar-refractivity contribution in [1.82, 2.24) is 5.32 Å². The highest BCUT2D eigenvalue weighted by atomic mass is 16.5. The normalized spacial score (nSPS) is 17.7. The first-order valence-corrected chi connectivity index (χ1v) is 8.79. The Hall–Kier alpha value is -2.29. The van der Waals surface area contributed by atoms with Gasteiger partial charge in [-0.25, -0.2) is 0 Å².